The summed E-state index contributed by atoms with van der Waals surface area (Å²) in [6.07, 6.45) is 0.399. The van der Waals surface area contributed by atoms with E-state index < -0.39 is 0 Å². The summed E-state index contributed by atoms with van der Waals surface area (Å²) in [4.78, 5) is 26.2. The fraction of sp³-hybridized carbons (Fsp3) is 0.263. The fourth-order valence-electron chi connectivity index (χ4n) is 2.99. The maximum absolute atomic E-state index is 12.5. The zero-order chi connectivity index (χ0) is 16.6. The van der Waals surface area contributed by atoms with Crippen LogP contribution >= 0.6 is 0 Å². The second-order valence-corrected chi connectivity index (χ2v) is 5.93. The van der Waals surface area contributed by atoms with Crippen molar-refractivity contribution in [2.24, 2.45) is 0 Å². The van der Waals surface area contributed by atoms with E-state index in [1.54, 1.807) is 4.90 Å². The summed E-state index contributed by atoms with van der Waals surface area (Å²) in [5.41, 5.74) is 5.32. The number of hydrogen-bond donors (Lipinski definition) is 1. The Hall–Kier alpha value is -2.62. The van der Waals surface area contributed by atoms with Gasteiger partial charge in [0.2, 0.25) is 5.91 Å². The third-order valence-electron chi connectivity index (χ3n) is 4.22. The van der Waals surface area contributed by atoms with Crippen molar-refractivity contribution in [2.45, 2.75) is 27.2 Å². The van der Waals surface area contributed by atoms with Crippen molar-refractivity contribution in [3.63, 3.8) is 0 Å². The van der Waals surface area contributed by atoms with E-state index in [2.05, 4.69) is 5.32 Å². The molecule has 0 radical (unpaired) electrons. The molecule has 3 rings (SSSR count). The average Bonchev–Trinajstić information content (AvgIpc) is 2.83. The Kier molecular flexibility index (Phi) is 3.90. The topological polar surface area (TPSA) is 49.4 Å². The van der Waals surface area contributed by atoms with Gasteiger partial charge in [-0.3, -0.25) is 9.59 Å². The number of nitrogens with zero attached hydrogens (tertiary/aromatic N) is 1. The number of nitrogens with one attached hydrogen (secondary N) is 1. The molecular weight excluding hydrogens is 288 g/mol. The standard InChI is InChI=1S/C19H20N2O2/c1-4-21-17-8-7-15(10-14(17)11-18(21)22)20-19(23)16-9-12(2)5-6-13(16)3/h5-10H,4,11H2,1-3H3,(H,20,23). The van der Waals surface area contributed by atoms with Gasteiger partial charge in [-0.2, -0.15) is 0 Å². The first-order valence-electron chi connectivity index (χ1n) is 7.81. The van der Waals surface area contributed by atoms with Crippen LogP contribution in [0.2, 0.25) is 0 Å². The van der Waals surface area contributed by atoms with Gasteiger partial charge in [-0.15, -0.1) is 0 Å². The van der Waals surface area contributed by atoms with Gasteiger partial charge in [-0.25, -0.2) is 0 Å². The van der Waals surface area contributed by atoms with E-state index in [0.29, 0.717) is 18.5 Å². The molecule has 0 atom stereocenters. The molecule has 1 aliphatic heterocycles. The molecule has 0 bridgehead atoms. The van der Waals surface area contributed by atoms with E-state index in [0.717, 1.165) is 28.1 Å². The maximum Gasteiger partial charge on any atom is 0.255 e. The van der Waals surface area contributed by atoms with E-state index in [1.165, 1.54) is 0 Å². The monoisotopic (exact) mass is 308 g/mol. The van der Waals surface area contributed by atoms with Crippen LogP contribution in [0, 0.1) is 13.8 Å². The molecule has 0 saturated heterocycles. The first kappa shape index (κ1) is 15.3. The Bertz CT molecular complexity index is 796. The number of fused-ring (bicyclic) bond motifs is 1. The minimum Gasteiger partial charge on any atom is -0.322 e. The van der Waals surface area contributed by atoms with Gasteiger partial charge in [0, 0.05) is 23.5 Å². The molecule has 2 amide bonds. The molecule has 118 valence electrons. The minimum atomic E-state index is -0.122. The Labute approximate surface area is 136 Å². The number of anilines is 2. The molecule has 4 heteroatoms. The Balaban J connectivity index is 1.85. The molecular formula is C19H20N2O2. The number of amides is 2. The van der Waals surface area contributed by atoms with E-state index in [1.807, 2.05) is 57.2 Å². The quantitative estimate of drug-likeness (QED) is 0.944. The van der Waals surface area contributed by atoms with Gasteiger partial charge in [-0.1, -0.05) is 17.7 Å². The largest absolute Gasteiger partial charge is 0.322 e. The van der Waals surface area contributed by atoms with Crippen LogP contribution in [0.5, 0.6) is 0 Å². The highest BCUT2D eigenvalue weighted by Gasteiger charge is 2.26. The van der Waals surface area contributed by atoms with Crippen LogP contribution in [0.4, 0.5) is 11.4 Å². The van der Waals surface area contributed by atoms with Gasteiger partial charge >= 0.3 is 0 Å². The van der Waals surface area contributed by atoms with Gasteiger partial charge in [-0.05, 0) is 56.2 Å². The zero-order valence-corrected chi connectivity index (χ0v) is 13.6. The number of rotatable bonds is 3. The van der Waals surface area contributed by atoms with Crippen LogP contribution in [-0.2, 0) is 11.2 Å². The zero-order valence-electron chi connectivity index (χ0n) is 13.6. The second kappa shape index (κ2) is 5.88. The number of likely N-dealkylation sites (N-methyl/N-ethyl adjacent to an activating group) is 1. The van der Waals surface area contributed by atoms with Gasteiger partial charge < -0.3 is 10.2 Å². The normalized spacial score (nSPS) is 13.2. The van der Waals surface area contributed by atoms with E-state index >= 15 is 0 Å². The summed E-state index contributed by atoms with van der Waals surface area (Å²) in [6.45, 7) is 6.52. The predicted octanol–water partition coefficient (Wildman–Crippen LogP) is 3.46. The number of aryl methyl sites for hydroxylation is 2. The molecule has 1 aliphatic rings. The van der Waals surface area contributed by atoms with Crippen molar-refractivity contribution >= 4 is 23.2 Å². The average molecular weight is 308 g/mol. The summed E-state index contributed by atoms with van der Waals surface area (Å²) in [7, 11) is 0. The molecule has 0 spiro atoms. The molecule has 0 fully saturated rings. The first-order chi connectivity index (χ1) is 11.0. The first-order valence-corrected chi connectivity index (χ1v) is 7.81. The summed E-state index contributed by atoms with van der Waals surface area (Å²) >= 11 is 0. The highest BCUT2D eigenvalue weighted by atomic mass is 16.2. The van der Waals surface area contributed by atoms with Crippen LogP contribution in [-0.4, -0.2) is 18.4 Å². The molecule has 4 nitrogen and oxygen atoms in total. The second-order valence-electron chi connectivity index (χ2n) is 5.93. The third kappa shape index (κ3) is 2.84. The Morgan fingerprint density at radius 1 is 1.17 bits per heavy atom. The SMILES string of the molecule is CCN1C(=O)Cc2cc(NC(=O)c3cc(C)ccc3C)ccc21. The Morgan fingerprint density at radius 2 is 1.96 bits per heavy atom. The summed E-state index contributed by atoms with van der Waals surface area (Å²) in [5, 5.41) is 2.93. The molecule has 0 aliphatic carbocycles. The molecule has 2 aromatic carbocycles. The van der Waals surface area contributed by atoms with Crippen LogP contribution in [0.1, 0.15) is 34.0 Å². The van der Waals surface area contributed by atoms with Crippen molar-refractivity contribution in [1.82, 2.24) is 0 Å². The van der Waals surface area contributed by atoms with Crippen molar-refractivity contribution in [1.29, 1.82) is 0 Å². The van der Waals surface area contributed by atoms with Gasteiger partial charge in [0.1, 0.15) is 0 Å². The van der Waals surface area contributed by atoms with E-state index in [9.17, 15) is 9.59 Å². The fourth-order valence-corrected chi connectivity index (χ4v) is 2.99. The van der Waals surface area contributed by atoms with Crippen LogP contribution in [0.15, 0.2) is 36.4 Å². The highest BCUT2D eigenvalue weighted by Crippen LogP contribution is 2.31. The smallest absolute Gasteiger partial charge is 0.255 e. The number of hydrogen-bond acceptors (Lipinski definition) is 2. The molecule has 1 N–H and O–H groups in total. The predicted molar refractivity (Wildman–Crippen MR) is 92.0 cm³/mol. The van der Waals surface area contributed by atoms with Crippen LogP contribution < -0.4 is 10.2 Å². The van der Waals surface area contributed by atoms with Gasteiger partial charge in [0.25, 0.3) is 5.91 Å². The molecule has 23 heavy (non-hydrogen) atoms. The van der Waals surface area contributed by atoms with Crippen molar-refractivity contribution in [2.75, 3.05) is 16.8 Å². The van der Waals surface area contributed by atoms with Crippen LogP contribution in [0.25, 0.3) is 0 Å². The molecule has 0 saturated carbocycles. The lowest BCUT2D eigenvalue weighted by atomic mass is 10.0. The van der Waals surface area contributed by atoms with Crippen molar-refractivity contribution < 1.29 is 9.59 Å². The van der Waals surface area contributed by atoms with Crippen molar-refractivity contribution in [3.8, 4) is 0 Å². The number of carbonyl (C=O) groups is 2. The molecule has 1 heterocycles. The molecule has 2 aromatic rings. The molecule has 0 unspecified atom stereocenters. The third-order valence-corrected chi connectivity index (χ3v) is 4.22. The maximum atomic E-state index is 12.5. The summed E-state index contributed by atoms with van der Waals surface area (Å²) in [6, 6.07) is 11.5. The Morgan fingerprint density at radius 3 is 2.70 bits per heavy atom. The van der Waals surface area contributed by atoms with Gasteiger partial charge in [0.15, 0.2) is 0 Å². The summed E-state index contributed by atoms with van der Waals surface area (Å²) < 4.78 is 0. The molecule has 0 aromatic heterocycles. The van der Waals surface area contributed by atoms with E-state index in [4.69, 9.17) is 0 Å². The van der Waals surface area contributed by atoms with Gasteiger partial charge in [0.05, 0.1) is 6.42 Å². The lowest BCUT2D eigenvalue weighted by molar-refractivity contribution is -0.117. The minimum absolute atomic E-state index is 0.112. The lowest BCUT2D eigenvalue weighted by Gasteiger charge is -2.15. The van der Waals surface area contributed by atoms with E-state index in [-0.39, 0.29) is 11.8 Å². The number of benzene rings is 2. The lowest BCUT2D eigenvalue weighted by Crippen LogP contribution is -2.25. The number of carbonyl (C=O) groups excluding carboxylic acids is 2. The van der Waals surface area contributed by atoms with Crippen LogP contribution in [0.3, 0.4) is 0 Å². The summed E-state index contributed by atoms with van der Waals surface area (Å²) in [5.74, 6) is -0.0108. The highest BCUT2D eigenvalue weighted by molar-refractivity contribution is 6.06. The van der Waals surface area contributed by atoms with Crippen molar-refractivity contribution in [3.05, 3.63) is 58.7 Å².